The molecule has 6 nitrogen and oxygen atoms in total. The van der Waals surface area contributed by atoms with Crippen molar-refractivity contribution in [1.82, 2.24) is 4.90 Å². The van der Waals surface area contributed by atoms with Gasteiger partial charge in [0.05, 0.1) is 31.5 Å². The van der Waals surface area contributed by atoms with Gasteiger partial charge in [-0.25, -0.2) is 9.59 Å². The minimum absolute atomic E-state index is 0.156. The normalized spacial score (nSPS) is 17.0. The van der Waals surface area contributed by atoms with Crippen LogP contribution in [-0.4, -0.2) is 43.7 Å². The number of carbonyl (C=O) groups excluding carboxylic acids is 2. The molecule has 1 aliphatic rings. The number of nitrogens with zero attached hydrogens (tertiary/aromatic N) is 1. The van der Waals surface area contributed by atoms with Gasteiger partial charge in [0.15, 0.2) is 0 Å². The Labute approximate surface area is 146 Å². The van der Waals surface area contributed by atoms with Crippen LogP contribution in [-0.2, 0) is 9.47 Å². The van der Waals surface area contributed by atoms with Crippen LogP contribution in [0.25, 0.3) is 0 Å². The molecule has 130 valence electrons. The number of para-hydroxylation sites is 1. The summed E-state index contributed by atoms with van der Waals surface area (Å²) in [4.78, 5) is 26.1. The molecule has 0 saturated carbocycles. The minimum Gasteiger partial charge on any atom is -0.465 e. The second-order valence-corrected chi connectivity index (χ2v) is 5.68. The number of benzene rings is 2. The summed E-state index contributed by atoms with van der Waals surface area (Å²) in [7, 11) is 1.31. The number of rotatable bonds is 3. The Morgan fingerprint density at radius 2 is 1.84 bits per heavy atom. The molecule has 1 unspecified atom stereocenters. The number of urea groups is 1. The number of amides is 2. The summed E-state index contributed by atoms with van der Waals surface area (Å²) >= 11 is 0. The van der Waals surface area contributed by atoms with E-state index in [0.29, 0.717) is 30.9 Å². The molecule has 0 radical (unpaired) electrons. The van der Waals surface area contributed by atoms with E-state index in [1.165, 1.54) is 7.11 Å². The topological polar surface area (TPSA) is 67.9 Å². The molecule has 1 atom stereocenters. The zero-order chi connectivity index (χ0) is 17.6. The van der Waals surface area contributed by atoms with Crippen LogP contribution >= 0.6 is 0 Å². The summed E-state index contributed by atoms with van der Waals surface area (Å²) in [5.74, 6) is -0.486. The number of anilines is 1. The highest BCUT2D eigenvalue weighted by Gasteiger charge is 2.26. The Morgan fingerprint density at radius 1 is 1.12 bits per heavy atom. The van der Waals surface area contributed by atoms with Crippen LogP contribution in [0.4, 0.5) is 10.5 Å². The molecular formula is C19H20N2O4. The van der Waals surface area contributed by atoms with E-state index in [1.54, 1.807) is 29.2 Å². The highest BCUT2D eigenvalue weighted by Crippen LogP contribution is 2.23. The minimum atomic E-state index is -0.486. The van der Waals surface area contributed by atoms with E-state index in [9.17, 15) is 9.59 Å². The summed E-state index contributed by atoms with van der Waals surface area (Å²) in [6.07, 6.45) is -0.156. The van der Waals surface area contributed by atoms with Gasteiger partial charge in [-0.15, -0.1) is 0 Å². The van der Waals surface area contributed by atoms with Crippen LogP contribution in [0.1, 0.15) is 22.0 Å². The van der Waals surface area contributed by atoms with Crippen LogP contribution < -0.4 is 5.32 Å². The SMILES string of the molecule is COC(=O)c1ccccc1NC(=O)N1CCOC(c2ccccc2)C1. The Hall–Kier alpha value is -2.86. The third-order valence-corrected chi connectivity index (χ3v) is 4.10. The summed E-state index contributed by atoms with van der Waals surface area (Å²) in [5.41, 5.74) is 1.79. The van der Waals surface area contributed by atoms with Gasteiger partial charge < -0.3 is 19.7 Å². The van der Waals surface area contributed by atoms with Crippen molar-refractivity contribution < 1.29 is 19.1 Å². The summed E-state index contributed by atoms with van der Waals surface area (Å²) in [6, 6.07) is 16.3. The molecular weight excluding hydrogens is 320 g/mol. The predicted molar refractivity (Wildman–Crippen MR) is 93.5 cm³/mol. The molecule has 2 amide bonds. The van der Waals surface area contributed by atoms with Gasteiger partial charge in [-0.2, -0.15) is 0 Å². The number of hydrogen-bond acceptors (Lipinski definition) is 4. The lowest BCUT2D eigenvalue weighted by molar-refractivity contribution is -0.0135. The monoisotopic (exact) mass is 340 g/mol. The quantitative estimate of drug-likeness (QED) is 0.872. The first kappa shape index (κ1) is 17.0. The maximum Gasteiger partial charge on any atom is 0.339 e. The number of ether oxygens (including phenoxy) is 2. The maximum atomic E-state index is 12.6. The molecule has 3 rings (SSSR count). The maximum absolute atomic E-state index is 12.6. The molecule has 1 fully saturated rings. The van der Waals surface area contributed by atoms with Crippen LogP contribution in [0.2, 0.25) is 0 Å². The smallest absolute Gasteiger partial charge is 0.339 e. The highest BCUT2D eigenvalue weighted by atomic mass is 16.5. The zero-order valence-corrected chi connectivity index (χ0v) is 14.0. The van der Waals surface area contributed by atoms with E-state index in [4.69, 9.17) is 9.47 Å². The van der Waals surface area contributed by atoms with E-state index in [-0.39, 0.29) is 12.1 Å². The molecule has 1 heterocycles. The zero-order valence-electron chi connectivity index (χ0n) is 14.0. The lowest BCUT2D eigenvalue weighted by Crippen LogP contribution is -2.44. The Morgan fingerprint density at radius 3 is 2.60 bits per heavy atom. The first-order valence-electron chi connectivity index (χ1n) is 8.09. The van der Waals surface area contributed by atoms with Crippen LogP contribution in [0, 0.1) is 0 Å². The van der Waals surface area contributed by atoms with Crippen LogP contribution in [0.15, 0.2) is 54.6 Å². The average molecular weight is 340 g/mol. The average Bonchev–Trinajstić information content (AvgIpc) is 2.68. The van der Waals surface area contributed by atoms with Crippen molar-refractivity contribution in [3.05, 3.63) is 65.7 Å². The van der Waals surface area contributed by atoms with Gasteiger partial charge in [0.2, 0.25) is 0 Å². The molecule has 0 bridgehead atoms. The van der Waals surface area contributed by atoms with Gasteiger partial charge in [-0.05, 0) is 17.7 Å². The Kier molecular flexibility index (Phi) is 5.30. The van der Waals surface area contributed by atoms with E-state index >= 15 is 0 Å². The number of carbonyl (C=O) groups is 2. The highest BCUT2D eigenvalue weighted by molar-refractivity contribution is 6.00. The van der Waals surface area contributed by atoms with Gasteiger partial charge in [0.25, 0.3) is 0 Å². The number of morpholine rings is 1. The number of hydrogen-bond donors (Lipinski definition) is 1. The standard InChI is InChI=1S/C19H20N2O4/c1-24-18(22)15-9-5-6-10-16(15)20-19(23)21-11-12-25-17(13-21)14-7-3-2-4-8-14/h2-10,17H,11-13H2,1H3,(H,20,23). The summed E-state index contributed by atoms with van der Waals surface area (Å²) in [5, 5.41) is 2.80. The number of methoxy groups -OCH3 is 1. The molecule has 0 spiro atoms. The Balaban J connectivity index is 1.70. The lowest BCUT2D eigenvalue weighted by Gasteiger charge is -2.33. The summed E-state index contributed by atoms with van der Waals surface area (Å²) < 4.78 is 10.5. The molecule has 2 aromatic rings. The van der Waals surface area contributed by atoms with Crippen molar-refractivity contribution in [2.75, 3.05) is 32.1 Å². The molecule has 1 saturated heterocycles. The molecule has 6 heteroatoms. The van der Waals surface area contributed by atoms with E-state index in [0.717, 1.165) is 5.56 Å². The molecule has 25 heavy (non-hydrogen) atoms. The fourth-order valence-electron chi connectivity index (χ4n) is 2.78. The molecule has 2 aromatic carbocycles. The third kappa shape index (κ3) is 3.97. The van der Waals surface area contributed by atoms with E-state index in [2.05, 4.69) is 5.32 Å². The van der Waals surface area contributed by atoms with Gasteiger partial charge in [-0.3, -0.25) is 0 Å². The van der Waals surface area contributed by atoms with Gasteiger partial charge in [-0.1, -0.05) is 42.5 Å². The first-order valence-corrected chi connectivity index (χ1v) is 8.09. The van der Waals surface area contributed by atoms with Crippen molar-refractivity contribution >= 4 is 17.7 Å². The fourth-order valence-corrected chi connectivity index (χ4v) is 2.78. The number of esters is 1. The van der Waals surface area contributed by atoms with Gasteiger partial charge >= 0.3 is 12.0 Å². The van der Waals surface area contributed by atoms with E-state index in [1.807, 2.05) is 30.3 Å². The fraction of sp³-hybridized carbons (Fsp3) is 0.263. The molecule has 1 N–H and O–H groups in total. The second-order valence-electron chi connectivity index (χ2n) is 5.68. The third-order valence-electron chi connectivity index (χ3n) is 4.10. The summed E-state index contributed by atoms with van der Waals surface area (Å²) in [6.45, 7) is 1.41. The van der Waals surface area contributed by atoms with Gasteiger partial charge in [0.1, 0.15) is 6.10 Å². The second kappa shape index (κ2) is 7.81. The van der Waals surface area contributed by atoms with Crippen molar-refractivity contribution in [2.45, 2.75) is 6.10 Å². The number of nitrogens with one attached hydrogen (secondary N) is 1. The van der Waals surface area contributed by atoms with Crippen molar-refractivity contribution in [3.63, 3.8) is 0 Å². The van der Waals surface area contributed by atoms with Gasteiger partial charge in [0, 0.05) is 6.54 Å². The van der Waals surface area contributed by atoms with Crippen molar-refractivity contribution in [1.29, 1.82) is 0 Å². The first-order chi connectivity index (χ1) is 12.2. The predicted octanol–water partition coefficient (Wildman–Crippen LogP) is 3.08. The molecule has 1 aliphatic heterocycles. The van der Waals surface area contributed by atoms with Crippen molar-refractivity contribution in [3.8, 4) is 0 Å². The molecule has 0 aromatic heterocycles. The van der Waals surface area contributed by atoms with Crippen LogP contribution in [0.3, 0.4) is 0 Å². The van der Waals surface area contributed by atoms with Crippen LogP contribution in [0.5, 0.6) is 0 Å². The van der Waals surface area contributed by atoms with E-state index < -0.39 is 5.97 Å². The Bertz CT molecular complexity index is 748. The molecule has 0 aliphatic carbocycles. The lowest BCUT2D eigenvalue weighted by atomic mass is 10.1. The van der Waals surface area contributed by atoms with Crippen molar-refractivity contribution in [2.24, 2.45) is 0 Å². The largest absolute Gasteiger partial charge is 0.465 e.